The Hall–Kier alpha value is -1.70. The van der Waals surface area contributed by atoms with Crippen LogP contribution in [0.2, 0.25) is 0 Å². The average Bonchev–Trinajstić information content (AvgIpc) is 2.71. The van der Waals surface area contributed by atoms with Crippen LogP contribution < -0.4 is 0 Å². The van der Waals surface area contributed by atoms with Crippen molar-refractivity contribution >= 4 is 10.8 Å². The van der Waals surface area contributed by atoms with E-state index in [4.69, 9.17) is 0 Å². The highest BCUT2D eigenvalue weighted by molar-refractivity contribution is 5.97. The zero-order valence-electron chi connectivity index (χ0n) is 19.2. The van der Waals surface area contributed by atoms with Crippen LogP contribution in [0.1, 0.15) is 88.2 Å². The zero-order valence-corrected chi connectivity index (χ0v) is 19.2. The first-order valence-electron chi connectivity index (χ1n) is 13.5. The van der Waals surface area contributed by atoms with Crippen LogP contribution in [-0.4, -0.2) is 10.2 Å². The van der Waals surface area contributed by atoms with Crippen LogP contribution in [-0.2, 0) is 10.8 Å². The highest BCUT2D eigenvalue weighted by atomic mass is 16.3. The first kappa shape index (κ1) is 18.7. The third kappa shape index (κ3) is 2.37. The summed E-state index contributed by atoms with van der Waals surface area (Å²) in [5, 5.41) is 24.8. The number of phenols is 2. The molecule has 2 aromatic carbocycles. The van der Waals surface area contributed by atoms with Crippen molar-refractivity contribution in [3.63, 3.8) is 0 Å². The molecule has 0 radical (unpaired) electrons. The molecule has 8 bridgehead atoms. The lowest BCUT2D eigenvalue weighted by atomic mass is 9.46. The highest BCUT2D eigenvalue weighted by Gasteiger charge is 2.55. The van der Waals surface area contributed by atoms with Crippen LogP contribution in [0, 0.1) is 35.5 Å². The van der Waals surface area contributed by atoms with Gasteiger partial charge in [-0.2, -0.15) is 0 Å². The Bertz CT molecular complexity index is 1060. The third-order valence-electron chi connectivity index (χ3n) is 11.3. The standard InChI is InChI=1S/C30H36O2/c31-25-10-26(32)28(30-14-20-7-21(15-30)9-22(8-20)16-30)27-23(25)2-1-3-24(27)29-11-17-4-18(12-29)6-19(5-17)13-29/h1-3,10,17-22,31-32H,4-9,11-16H2. The normalized spacial score (nSPS) is 45.8. The molecule has 0 unspecified atom stereocenters. The number of hydrogen-bond acceptors (Lipinski definition) is 2. The Balaban J connectivity index is 1.39. The zero-order chi connectivity index (χ0) is 21.2. The lowest BCUT2D eigenvalue weighted by molar-refractivity contribution is -0.00733. The summed E-state index contributed by atoms with van der Waals surface area (Å²) in [5.74, 6) is 5.87. The van der Waals surface area contributed by atoms with E-state index in [9.17, 15) is 10.2 Å². The largest absolute Gasteiger partial charge is 0.507 e. The van der Waals surface area contributed by atoms with Gasteiger partial charge in [-0.1, -0.05) is 18.2 Å². The molecule has 0 amide bonds. The first-order chi connectivity index (χ1) is 15.5. The molecule has 32 heavy (non-hydrogen) atoms. The Labute approximate surface area is 191 Å². The van der Waals surface area contributed by atoms with Crippen LogP contribution >= 0.6 is 0 Å². The Morgan fingerprint density at radius 3 is 1.56 bits per heavy atom. The molecule has 2 heteroatoms. The second-order valence-corrected chi connectivity index (χ2v) is 13.4. The predicted octanol–water partition coefficient (Wildman–Crippen LogP) is 7.19. The number of fused-ring (bicyclic) bond motifs is 1. The fourth-order valence-electron chi connectivity index (χ4n) is 11.3. The van der Waals surface area contributed by atoms with Gasteiger partial charge < -0.3 is 10.2 Å². The molecule has 8 aliphatic rings. The quantitative estimate of drug-likeness (QED) is 0.531. The van der Waals surface area contributed by atoms with Crippen molar-refractivity contribution in [3.05, 3.63) is 35.4 Å². The molecule has 2 nitrogen and oxygen atoms in total. The molecule has 168 valence electrons. The van der Waals surface area contributed by atoms with Crippen molar-refractivity contribution in [2.75, 3.05) is 0 Å². The van der Waals surface area contributed by atoms with Gasteiger partial charge in [0.05, 0.1) is 0 Å². The van der Waals surface area contributed by atoms with Crippen LogP contribution in [0.25, 0.3) is 10.8 Å². The summed E-state index contributed by atoms with van der Waals surface area (Å²) in [4.78, 5) is 0. The SMILES string of the molecule is Oc1cc(O)c2cccc(C34CC5CC(CC(C5)C3)C4)c2c1C12CC3CC(CC(C3)C1)C2. The van der Waals surface area contributed by atoms with Gasteiger partial charge in [-0.05, 0) is 129 Å². The third-order valence-corrected chi connectivity index (χ3v) is 11.3. The Morgan fingerprint density at radius 2 is 1.06 bits per heavy atom. The minimum Gasteiger partial charge on any atom is -0.507 e. The highest BCUT2D eigenvalue weighted by Crippen LogP contribution is 2.66. The molecule has 10 rings (SSSR count). The number of phenolic OH excluding ortho intramolecular Hbond substituents is 2. The summed E-state index contributed by atoms with van der Waals surface area (Å²) in [6.45, 7) is 0. The summed E-state index contributed by atoms with van der Waals surface area (Å²) < 4.78 is 0. The van der Waals surface area contributed by atoms with Gasteiger partial charge in [-0.3, -0.25) is 0 Å². The molecule has 0 atom stereocenters. The first-order valence-corrected chi connectivity index (χ1v) is 13.5. The van der Waals surface area contributed by atoms with Gasteiger partial charge >= 0.3 is 0 Å². The summed E-state index contributed by atoms with van der Waals surface area (Å²) in [6.07, 6.45) is 16.3. The Morgan fingerprint density at radius 1 is 0.594 bits per heavy atom. The predicted molar refractivity (Wildman–Crippen MR) is 127 cm³/mol. The molecule has 2 N–H and O–H groups in total. The molecular formula is C30H36O2. The van der Waals surface area contributed by atoms with E-state index in [2.05, 4.69) is 18.2 Å². The van der Waals surface area contributed by atoms with Gasteiger partial charge in [0, 0.05) is 22.4 Å². The molecule has 0 aliphatic heterocycles. The van der Waals surface area contributed by atoms with Crippen LogP contribution in [0.5, 0.6) is 11.5 Å². The van der Waals surface area contributed by atoms with Gasteiger partial charge in [-0.25, -0.2) is 0 Å². The van der Waals surface area contributed by atoms with Gasteiger partial charge in [0.1, 0.15) is 11.5 Å². The molecule has 8 fully saturated rings. The fourth-order valence-corrected chi connectivity index (χ4v) is 11.3. The van der Waals surface area contributed by atoms with Crippen LogP contribution in [0.4, 0.5) is 0 Å². The van der Waals surface area contributed by atoms with E-state index >= 15 is 0 Å². The van der Waals surface area contributed by atoms with E-state index in [1.807, 2.05) is 0 Å². The van der Waals surface area contributed by atoms with Crippen molar-refractivity contribution in [1.29, 1.82) is 0 Å². The van der Waals surface area contributed by atoms with Gasteiger partial charge in [0.2, 0.25) is 0 Å². The maximum absolute atomic E-state index is 11.5. The van der Waals surface area contributed by atoms with E-state index in [0.29, 0.717) is 5.75 Å². The van der Waals surface area contributed by atoms with Gasteiger partial charge in [0.15, 0.2) is 0 Å². The average molecular weight is 429 g/mol. The number of hydrogen-bond donors (Lipinski definition) is 2. The van der Waals surface area contributed by atoms with E-state index in [1.165, 1.54) is 93.6 Å². The van der Waals surface area contributed by atoms with E-state index in [-0.39, 0.29) is 16.6 Å². The molecular weight excluding hydrogens is 392 g/mol. The summed E-state index contributed by atoms with van der Waals surface area (Å²) in [7, 11) is 0. The fraction of sp³-hybridized carbons (Fsp3) is 0.667. The number of benzene rings is 2. The van der Waals surface area contributed by atoms with E-state index in [1.54, 1.807) is 6.07 Å². The second-order valence-electron chi connectivity index (χ2n) is 13.4. The van der Waals surface area contributed by atoms with Crippen LogP contribution in [0.3, 0.4) is 0 Å². The lowest BCUT2D eigenvalue weighted by Gasteiger charge is -2.59. The molecule has 0 aromatic heterocycles. The lowest BCUT2D eigenvalue weighted by Crippen LogP contribution is -2.50. The van der Waals surface area contributed by atoms with Crippen molar-refractivity contribution in [2.24, 2.45) is 35.5 Å². The maximum Gasteiger partial charge on any atom is 0.127 e. The van der Waals surface area contributed by atoms with Gasteiger partial charge in [0.25, 0.3) is 0 Å². The smallest absolute Gasteiger partial charge is 0.127 e. The number of rotatable bonds is 2. The molecule has 0 spiro atoms. The molecule has 0 heterocycles. The molecule has 2 aromatic rings. The summed E-state index contributed by atoms with van der Waals surface area (Å²) in [5.41, 5.74) is 3.14. The molecule has 0 saturated heterocycles. The van der Waals surface area contributed by atoms with Crippen molar-refractivity contribution < 1.29 is 10.2 Å². The summed E-state index contributed by atoms with van der Waals surface area (Å²) in [6, 6.07) is 8.40. The number of aromatic hydroxyl groups is 2. The van der Waals surface area contributed by atoms with Gasteiger partial charge in [-0.15, -0.1) is 0 Å². The van der Waals surface area contributed by atoms with Crippen molar-refractivity contribution in [1.82, 2.24) is 0 Å². The summed E-state index contributed by atoms with van der Waals surface area (Å²) >= 11 is 0. The van der Waals surface area contributed by atoms with E-state index < -0.39 is 0 Å². The maximum atomic E-state index is 11.5. The minimum absolute atomic E-state index is 0.128. The minimum atomic E-state index is 0.128. The second kappa shape index (κ2) is 6.05. The molecule has 8 saturated carbocycles. The Kier molecular flexibility index (Phi) is 3.53. The monoisotopic (exact) mass is 428 g/mol. The van der Waals surface area contributed by atoms with Crippen molar-refractivity contribution in [2.45, 2.75) is 87.9 Å². The topological polar surface area (TPSA) is 40.5 Å². The van der Waals surface area contributed by atoms with Crippen molar-refractivity contribution in [3.8, 4) is 11.5 Å². The van der Waals surface area contributed by atoms with E-state index in [0.717, 1.165) is 40.9 Å². The van der Waals surface area contributed by atoms with Crippen LogP contribution in [0.15, 0.2) is 24.3 Å². The molecule has 8 aliphatic carbocycles.